The summed E-state index contributed by atoms with van der Waals surface area (Å²) in [6.45, 7) is 6.10. The van der Waals surface area contributed by atoms with Gasteiger partial charge in [0.25, 0.3) is 0 Å². The van der Waals surface area contributed by atoms with Crippen LogP contribution in [0.3, 0.4) is 0 Å². The van der Waals surface area contributed by atoms with Gasteiger partial charge in [0.15, 0.2) is 0 Å². The Bertz CT molecular complexity index is 221. The van der Waals surface area contributed by atoms with Crippen molar-refractivity contribution >= 4 is 5.97 Å². The average Bonchev–Trinajstić information content (AvgIpc) is 2.12. The first-order valence-electron chi connectivity index (χ1n) is 4.75. The van der Waals surface area contributed by atoms with Gasteiger partial charge in [-0.1, -0.05) is 6.92 Å². The van der Waals surface area contributed by atoms with Gasteiger partial charge in [0.1, 0.15) is 5.76 Å². The molecule has 0 atom stereocenters. The summed E-state index contributed by atoms with van der Waals surface area (Å²) in [6.07, 6.45) is 0.697. The fraction of sp³-hybridized carbons (Fsp3) is 0.700. The van der Waals surface area contributed by atoms with Gasteiger partial charge < -0.3 is 9.57 Å². The van der Waals surface area contributed by atoms with Crippen LogP contribution in [-0.4, -0.2) is 31.7 Å². The van der Waals surface area contributed by atoms with Crippen LogP contribution in [-0.2, 0) is 14.4 Å². The second kappa shape index (κ2) is 6.43. The number of nitrogens with zero attached hydrogens (tertiary/aromatic N) is 1. The van der Waals surface area contributed by atoms with Gasteiger partial charge in [-0.15, -0.1) is 5.06 Å². The molecule has 0 saturated carbocycles. The molecule has 0 aliphatic carbocycles. The Morgan fingerprint density at radius 2 is 1.86 bits per heavy atom. The third-order valence-corrected chi connectivity index (χ3v) is 1.63. The SMILES string of the molecule is CCOC(CC)=C(C)C(=O)ON(C)C. The molecule has 0 amide bonds. The van der Waals surface area contributed by atoms with E-state index in [9.17, 15) is 4.79 Å². The van der Waals surface area contributed by atoms with E-state index in [0.29, 0.717) is 24.4 Å². The molecule has 0 fully saturated rings. The first kappa shape index (κ1) is 13.0. The van der Waals surface area contributed by atoms with Crippen molar-refractivity contribution in [1.29, 1.82) is 0 Å². The Labute approximate surface area is 85.4 Å². The topological polar surface area (TPSA) is 38.8 Å². The van der Waals surface area contributed by atoms with Gasteiger partial charge >= 0.3 is 5.97 Å². The number of carbonyl (C=O) groups excluding carboxylic acids is 1. The Morgan fingerprint density at radius 3 is 2.21 bits per heavy atom. The highest BCUT2D eigenvalue weighted by Gasteiger charge is 2.13. The van der Waals surface area contributed by atoms with Crippen molar-refractivity contribution in [3.05, 3.63) is 11.3 Å². The smallest absolute Gasteiger partial charge is 0.355 e. The predicted molar refractivity (Wildman–Crippen MR) is 54.4 cm³/mol. The number of ether oxygens (including phenoxy) is 1. The molecular formula is C10H19NO3. The van der Waals surface area contributed by atoms with E-state index in [4.69, 9.17) is 9.57 Å². The van der Waals surface area contributed by atoms with E-state index in [2.05, 4.69) is 0 Å². The van der Waals surface area contributed by atoms with Crippen molar-refractivity contribution in [2.24, 2.45) is 0 Å². The Balaban J connectivity index is 4.50. The zero-order chi connectivity index (χ0) is 11.1. The third-order valence-electron chi connectivity index (χ3n) is 1.63. The van der Waals surface area contributed by atoms with Crippen LogP contribution in [0.15, 0.2) is 11.3 Å². The highest BCUT2D eigenvalue weighted by molar-refractivity contribution is 5.88. The first-order chi connectivity index (χ1) is 6.52. The minimum atomic E-state index is -0.361. The van der Waals surface area contributed by atoms with Gasteiger partial charge in [-0.25, -0.2) is 4.79 Å². The zero-order valence-electron chi connectivity index (χ0n) is 9.59. The molecule has 0 rings (SSSR count). The van der Waals surface area contributed by atoms with Crippen LogP contribution in [0.4, 0.5) is 0 Å². The normalized spacial score (nSPS) is 12.4. The van der Waals surface area contributed by atoms with Gasteiger partial charge in [-0.3, -0.25) is 0 Å². The van der Waals surface area contributed by atoms with Crippen LogP contribution in [0.1, 0.15) is 27.2 Å². The van der Waals surface area contributed by atoms with Crippen LogP contribution in [0.5, 0.6) is 0 Å². The number of hydrogen-bond acceptors (Lipinski definition) is 4. The summed E-state index contributed by atoms with van der Waals surface area (Å²) in [6, 6.07) is 0. The Hall–Kier alpha value is -1.03. The summed E-state index contributed by atoms with van der Waals surface area (Å²) < 4.78 is 5.32. The lowest BCUT2D eigenvalue weighted by molar-refractivity contribution is -0.173. The molecule has 0 heterocycles. The van der Waals surface area contributed by atoms with Crippen molar-refractivity contribution in [3.8, 4) is 0 Å². The summed E-state index contributed by atoms with van der Waals surface area (Å²) in [4.78, 5) is 16.3. The van der Waals surface area contributed by atoms with E-state index in [1.165, 1.54) is 5.06 Å². The summed E-state index contributed by atoms with van der Waals surface area (Å²) in [7, 11) is 3.33. The monoisotopic (exact) mass is 201 g/mol. The van der Waals surface area contributed by atoms with Gasteiger partial charge in [0.2, 0.25) is 0 Å². The second-order valence-electron chi connectivity index (χ2n) is 3.03. The van der Waals surface area contributed by atoms with E-state index in [0.717, 1.165) is 0 Å². The summed E-state index contributed by atoms with van der Waals surface area (Å²) in [5.74, 6) is 0.333. The molecule has 0 aliphatic heterocycles. The third kappa shape index (κ3) is 4.28. The maximum absolute atomic E-state index is 11.4. The minimum Gasteiger partial charge on any atom is -0.498 e. The fourth-order valence-electron chi connectivity index (χ4n) is 0.998. The Morgan fingerprint density at radius 1 is 1.29 bits per heavy atom. The highest BCUT2D eigenvalue weighted by Crippen LogP contribution is 2.11. The van der Waals surface area contributed by atoms with Crippen LogP contribution >= 0.6 is 0 Å². The molecular weight excluding hydrogens is 182 g/mol. The molecule has 0 bridgehead atoms. The van der Waals surface area contributed by atoms with Crippen molar-refractivity contribution in [1.82, 2.24) is 5.06 Å². The number of hydrogen-bond donors (Lipinski definition) is 0. The second-order valence-corrected chi connectivity index (χ2v) is 3.03. The molecule has 0 saturated heterocycles. The first-order valence-corrected chi connectivity index (χ1v) is 4.75. The largest absolute Gasteiger partial charge is 0.498 e. The van der Waals surface area contributed by atoms with Crippen molar-refractivity contribution in [2.75, 3.05) is 20.7 Å². The van der Waals surface area contributed by atoms with E-state index in [1.807, 2.05) is 13.8 Å². The molecule has 0 aliphatic rings. The Kier molecular flexibility index (Phi) is 5.95. The molecule has 4 heteroatoms. The molecule has 14 heavy (non-hydrogen) atoms. The lowest BCUT2D eigenvalue weighted by Crippen LogP contribution is -2.20. The lowest BCUT2D eigenvalue weighted by atomic mass is 10.2. The molecule has 0 radical (unpaired) electrons. The van der Waals surface area contributed by atoms with Gasteiger partial charge in [0.05, 0.1) is 12.2 Å². The van der Waals surface area contributed by atoms with E-state index in [-0.39, 0.29) is 5.97 Å². The maximum Gasteiger partial charge on any atom is 0.355 e. The lowest BCUT2D eigenvalue weighted by Gasteiger charge is -2.13. The van der Waals surface area contributed by atoms with E-state index in [1.54, 1.807) is 21.0 Å². The maximum atomic E-state index is 11.4. The molecule has 0 aromatic carbocycles. The summed E-state index contributed by atoms with van der Waals surface area (Å²) in [5, 5.41) is 1.37. The van der Waals surface area contributed by atoms with Gasteiger partial charge in [-0.05, 0) is 13.8 Å². The average molecular weight is 201 g/mol. The van der Waals surface area contributed by atoms with Crippen LogP contribution in [0.25, 0.3) is 0 Å². The summed E-state index contributed by atoms with van der Waals surface area (Å²) >= 11 is 0. The molecule has 0 aromatic rings. The number of carbonyl (C=O) groups is 1. The zero-order valence-corrected chi connectivity index (χ0v) is 9.59. The number of hydroxylamine groups is 2. The highest BCUT2D eigenvalue weighted by atomic mass is 16.7. The van der Waals surface area contributed by atoms with Crippen molar-refractivity contribution in [2.45, 2.75) is 27.2 Å². The summed E-state index contributed by atoms with van der Waals surface area (Å²) in [5.41, 5.74) is 0.531. The predicted octanol–water partition coefficient (Wildman–Crippen LogP) is 1.73. The molecule has 0 aromatic heterocycles. The van der Waals surface area contributed by atoms with Crippen LogP contribution in [0.2, 0.25) is 0 Å². The molecule has 0 spiro atoms. The number of rotatable bonds is 5. The quantitative estimate of drug-likeness (QED) is 0.386. The molecule has 82 valence electrons. The van der Waals surface area contributed by atoms with Crippen LogP contribution < -0.4 is 0 Å². The molecule has 0 unspecified atom stereocenters. The van der Waals surface area contributed by atoms with Crippen molar-refractivity contribution < 1.29 is 14.4 Å². The minimum absolute atomic E-state index is 0.361. The van der Waals surface area contributed by atoms with Gasteiger partial charge in [0, 0.05) is 20.5 Å². The van der Waals surface area contributed by atoms with E-state index < -0.39 is 0 Å². The van der Waals surface area contributed by atoms with Crippen molar-refractivity contribution in [3.63, 3.8) is 0 Å². The number of allylic oxidation sites excluding steroid dienone is 1. The molecule has 4 nitrogen and oxygen atoms in total. The standard InChI is InChI=1S/C10H19NO3/c1-6-9(13-7-2)8(3)10(12)14-11(4)5/h6-7H2,1-5H3. The molecule has 0 N–H and O–H groups in total. The fourth-order valence-corrected chi connectivity index (χ4v) is 0.998. The van der Waals surface area contributed by atoms with Crippen LogP contribution in [0, 0.1) is 0 Å². The van der Waals surface area contributed by atoms with Gasteiger partial charge in [-0.2, -0.15) is 0 Å². The van der Waals surface area contributed by atoms with E-state index >= 15 is 0 Å².